The van der Waals surface area contributed by atoms with Crippen molar-refractivity contribution >= 4 is 46.6 Å². The van der Waals surface area contributed by atoms with Gasteiger partial charge in [0.05, 0.1) is 12.1 Å². The molecule has 2 rings (SSSR count). The molecule has 0 saturated carbocycles. The largest absolute Gasteiger partial charge is 0.482 e. The maximum Gasteiger partial charge on any atom is 0.411 e. The summed E-state index contributed by atoms with van der Waals surface area (Å²) in [7, 11) is 1.27. The second-order valence-electron chi connectivity index (χ2n) is 4.61. The van der Waals surface area contributed by atoms with Gasteiger partial charge in [0.1, 0.15) is 5.75 Å². The van der Waals surface area contributed by atoms with E-state index in [0.717, 1.165) is 0 Å². The van der Waals surface area contributed by atoms with Crippen molar-refractivity contribution in [2.45, 2.75) is 0 Å². The van der Waals surface area contributed by atoms with E-state index in [2.05, 4.69) is 15.4 Å². The number of methoxy groups -OCH3 is 1. The topological polar surface area (TPSA) is 76.7 Å². The summed E-state index contributed by atoms with van der Waals surface area (Å²) in [4.78, 5) is 23.0. The minimum atomic E-state index is -0.569. The lowest BCUT2D eigenvalue weighted by Crippen LogP contribution is -2.20. The average molecular weight is 369 g/mol. The molecule has 0 aliphatic heterocycles. The van der Waals surface area contributed by atoms with Gasteiger partial charge < -0.3 is 14.8 Å². The first kappa shape index (κ1) is 17.9. The number of benzene rings is 2. The predicted molar refractivity (Wildman–Crippen MR) is 93.1 cm³/mol. The predicted octanol–water partition coefficient (Wildman–Crippen LogP) is 4.19. The van der Waals surface area contributed by atoms with Crippen molar-refractivity contribution in [2.75, 3.05) is 24.4 Å². The van der Waals surface area contributed by atoms with Crippen molar-refractivity contribution in [2.24, 2.45) is 0 Å². The fourth-order valence-electron chi connectivity index (χ4n) is 1.74. The summed E-state index contributed by atoms with van der Waals surface area (Å²) in [6.45, 7) is -0.205. The lowest BCUT2D eigenvalue weighted by Gasteiger charge is -2.09. The Morgan fingerprint density at radius 3 is 2.21 bits per heavy atom. The molecule has 0 spiro atoms. The summed E-state index contributed by atoms with van der Waals surface area (Å²) in [5, 5.41) is 5.98. The van der Waals surface area contributed by atoms with E-state index in [1.165, 1.54) is 13.2 Å². The quantitative estimate of drug-likeness (QED) is 0.829. The Balaban J connectivity index is 1.86. The Bertz CT molecular complexity index is 735. The molecule has 2 aromatic carbocycles. The third kappa shape index (κ3) is 5.33. The number of anilines is 2. The number of amides is 2. The third-order valence-corrected chi connectivity index (χ3v) is 3.38. The normalized spacial score (nSPS) is 9.96. The van der Waals surface area contributed by atoms with Gasteiger partial charge in [0.2, 0.25) is 0 Å². The Morgan fingerprint density at radius 2 is 1.62 bits per heavy atom. The number of hydrogen-bond donors (Lipinski definition) is 2. The molecular weight excluding hydrogens is 355 g/mol. The zero-order chi connectivity index (χ0) is 17.5. The number of nitrogens with one attached hydrogen (secondary N) is 2. The fourth-order valence-corrected chi connectivity index (χ4v) is 2.20. The van der Waals surface area contributed by atoms with Crippen molar-refractivity contribution in [1.29, 1.82) is 0 Å². The van der Waals surface area contributed by atoms with Crippen LogP contribution in [0.25, 0.3) is 0 Å². The van der Waals surface area contributed by atoms with E-state index in [4.69, 9.17) is 27.9 Å². The van der Waals surface area contributed by atoms with Gasteiger partial charge >= 0.3 is 6.09 Å². The summed E-state index contributed by atoms with van der Waals surface area (Å²) >= 11 is 11.7. The van der Waals surface area contributed by atoms with Gasteiger partial charge in [-0.1, -0.05) is 23.2 Å². The van der Waals surface area contributed by atoms with Gasteiger partial charge in [-0.05, 0) is 42.5 Å². The lowest BCUT2D eigenvalue weighted by atomic mass is 10.3. The van der Waals surface area contributed by atoms with Gasteiger partial charge in [-0.15, -0.1) is 0 Å². The number of halogens is 2. The minimum absolute atomic E-state index is 0.205. The highest BCUT2D eigenvalue weighted by molar-refractivity contribution is 6.35. The monoisotopic (exact) mass is 368 g/mol. The zero-order valence-electron chi connectivity index (χ0n) is 12.6. The van der Waals surface area contributed by atoms with Crippen molar-refractivity contribution < 1.29 is 19.1 Å². The maximum absolute atomic E-state index is 11.9. The molecule has 126 valence electrons. The van der Waals surface area contributed by atoms with E-state index < -0.39 is 6.09 Å². The minimum Gasteiger partial charge on any atom is -0.482 e. The molecule has 0 heterocycles. The van der Waals surface area contributed by atoms with E-state index in [9.17, 15) is 9.59 Å². The maximum atomic E-state index is 11.9. The van der Waals surface area contributed by atoms with E-state index in [1.807, 2.05) is 0 Å². The van der Waals surface area contributed by atoms with Crippen molar-refractivity contribution in [3.8, 4) is 5.75 Å². The number of carbonyl (C=O) groups is 2. The molecule has 2 N–H and O–H groups in total. The molecule has 0 unspecified atom stereocenters. The van der Waals surface area contributed by atoms with Crippen LogP contribution in [0.3, 0.4) is 0 Å². The Hall–Kier alpha value is -2.44. The highest BCUT2D eigenvalue weighted by atomic mass is 35.5. The molecule has 0 fully saturated rings. The Kier molecular flexibility index (Phi) is 6.28. The summed E-state index contributed by atoms with van der Waals surface area (Å²) < 4.78 is 9.83. The number of rotatable bonds is 5. The summed E-state index contributed by atoms with van der Waals surface area (Å²) in [6.07, 6.45) is -0.569. The second kappa shape index (κ2) is 8.42. The fraction of sp³-hybridized carbons (Fsp3) is 0.125. The number of ether oxygens (including phenoxy) is 2. The van der Waals surface area contributed by atoms with E-state index in [-0.39, 0.29) is 12.5 Å². The smallest absolute Gasteiger partial charge is 0.411 e. The molecular formula is C16H14Cl2N2O4. The standard InChI is InChI=1S/C16H14Cl2N2O4/c1-23-16(22)20-12-5-3-11(4-6-12)19-15(21)9-24-14-7-2-10(17)8-13(14)18/h2-8H,9H2,1H3,(H,19,21)(H,20,22). The van der Waals surface area contributed by atoms with Crippen LogP contribution >= 0.6 is 23.2 Å². The number of hydrogen-bond acceptors (Lipinski definition) is 4. The Labute approximate surface area is 148 Å². The van der Waals surface area contributed by atoms with Crippen molar-refractivity contribution in [3.63, 3.8) is 0 Å². The first-order chi connectivity index (χ1) is 11.5. The van der Waals surface area contributed by atoms with Gasteiger partial charge in [-0.25, -0.2) is 4.79 Å². The van der Waals surface area contributed by atoms with Crippen LogP contribution in [-0.2, 0) is 9.53 Å². The van der Waals surface area contributed by atoms with Crippen LogP contribution in [0.15, 0.2) is 42.5 Å². The molecule has 0 saturated heterocycles. The van der Waals surface area contributed by atoms with Crippen molar-refractivity contribution in [3.05, 3.63) is 52.5 Å². The van der Waals surface area contributed by atoms with Crippen molar-refractivity contribution in [1.82, 2.24) is 0 Å². The first-order valence-corrected chi connectivity index (χ1v) is 7.56. The lowest BCUT2D eigenvalue weighted by molar-refractivity contribution is -0.118. The van der Waals surface area contributed by atoms with E-state index in [1.54, 1.807) is 36.4 Å². The van der Waals surface area contributed by atoms with Gasteiger partial charge in [-0.3, -0.25) is 10.1 Å². The molecule has 0 aliphatic rings. The average Bonchev–Trinajstić information content (AvgIpc) is 2.55. The van der Waals surface area contributed by atoms with Gasteiger partial charge in [0.15, 0.2) is 6.61 Å². The first-order valence-electron chi connectivity index (χ1n) is 6.80. The number of carbonyl (C=O) groups excluding carboxylic acids is 2. The summed E-state index contributed by atoms with van der Waals surface area (Å²) in [5.41, 5.74) is 1.10. The molecule has 24 heavy (non-hydrogen) atoms. The molecule has 0 atom stereocenters. The van der Waals surface area contributed by atoms with Crippen LogP contribution in [0.2, 0.25) is 10.0 Å². The molecule has 0 radical (unpaired) electrons. The zero-order valence-corrected chi connectivity index (χ0v) is 14.1. The molecule has 0 bridgehead atoms. The highest BCUT2D eigenvalue weighted by Gasteiger charge is 2.07. The molecule has 6 nitrogen and oxygen atoms in total. The van der Waals surface area contributed by atoms with Crippen LogP contribution in [0.4, 0.5) is 16.2 Å². The van der Waals surface area contributed by atoms with Crippen LogP contribution in [-0.4, -0.2) is 25.7 Å². The van der Waals surface area contributed by atoms with Crippen LogP contribution in [0, 0.1) is 0 Å². The van der Waals surface area contributed by atoms with Crippen LogP contribution < -0.4 is 15.4 Å². The van der Waals surface area contributed by atoms with Gasteiger partial charge in [0.25, 0.3) is 5.91 Å². The molecule has 0 aromatic heterocycles. The SMILES string of the molecule is COC(=O)Nc1ccc(NC(=O)COc2ccc(Cl)cc2Cl)cc1. The third-order valence-electron chi connectivity index (χ3n) is 2.85. The molecule has 2 amide bonds. The van der Waals surface area contributed by atoms with E-state index in [0.29, 0.717) is 27.2 Å². The second-order valence-corrected chi connectivity index (χ2v) is 5.45. The highest BCUT2D eigenvalue weighted by Crippen LogP contribution is 2.27. The van der Waals surface area contributed by atoms with Gasteiger partial charge in [-0.2, -0.15) is 0 Å². The van der Waals surface area contributed by atoms with Crippen LogP contribution in [0.1, 0.15) is 0 Å². The Morgan fingerprint density at radius 1 is 1.00 bits per heavy atom. The van der Waals surface area contributed by atoms with Gasteiger partial charge in [0, 0.05) is 16.4 Å². The summed E-state index contributed by atoms with van der Waals surface area (Å²) in [6, 6.07) is 11.3. The molecule has 8 heteroatoms. The van der Waals surface area contributed by atoms with Crippen LogP contribution in [0.5, 0.6) is 5.75 Å². The van der Waals surface area contributed by atoms with E-state index >= 15 is 0 Å². The molecule has 0 aliphatic carbocycles. The molecule has 2 aromatic rings. The summed E-state index contributed by atoms with van der Waals surface area (Å²) in [5.74, 6) is 0.0172.